The molecule has 3 nitrogen and oxygen atoms in total. The van der Waals surface area contributed by atoms with Gasteiger partial charge in [-0.3, -0.25) is 0 Å². The van der Waals surface area contributed by atoms with Crippen LogP contribution in [0.1, 0.15) is 30.4 Å². The smallest absolute Gasteiger partial charge is 0.416 e. The SMILES string of the molecule is CCCc1oc(-c2cccc(C(F)(F)F)c2)nc1CO. The van der Waals surface area contributed by atoms with Gasteiger partial charge in [0.15, 0.2) is 0 Å². The number of aryl methyl sites for hydroxylation is 1. The highest BCUT2D eigenvalue weighted by Crippen LogP contribution is 2.32. The average molecular weight is 285 g/mol. The predicted octanol–water partition coefficient (Wildman–Crippen LogP) is 3.81. The lowest BCUT2D eigenvalue weighted by atomic mass is 10.1. The molecule has 0 unspecified atom stereocenters. The summed E-state index contributed by atoms with van der Waals surface area (Å²) in [6.45, 7) is 1.64. The van der Waals surface area contributed by atoms with Crippen LogP contribution in [0.5, 0.6) is 0 Å². The van der Waals surface area contributed by atoms with E-state index in [4.69, 9.17) is 4.42 Å². The van der Waals surface area contributed by atoms with Crippen molar-refractivity contribution in [3.63, 3.8) is 0 Å². The molecule has 2 aromatic rings. The molecule has 0 aliphatic rings. The number of hydrogen-bond donors (Lipinski definition) is 1. The largest absolute Gasteiger partial charge is 0.441 e. The van der Waals surface area contributed by atoms with Crippen molar-refractivity contribution in [1.82, 2.24) is 4.98 Å². The van der Waals surface area contributed by atoms with Crippen LogP contribution in [0.2, 0.25) is 0 Å². The lowest BCUT2D eigenvalue weighted by Gasteiger charge is -2.06. The van der Waals surface area contributed by atoms with E-state index < -0.39 is 11.7 Å². The monoisotopic (exact) mass is 285 g/mol. The second kappa shape index (κ2) is 5.66. The first-order valence-electron chi connectivity index (χ1n) is 6.22. The van der Waals surface area contributed by atoms with Crippen LogP contribution in [0.15, 0.2) is 28.7 Å². The first kappa shape index (κ1) is 14.6. The molecule has 0 aliphatic heterocycles. The minimum absolute atomic E-state index is 0.101. The van der Waals surface area contributed by atoms with E-state index in [0.717, 1.165) is 18.6 Å². The second-order valence-electron chi connectivity index (χ2n) is 4.38. The molecule has 0 saturated carbocycles. The molecule has 2 rings (SSSR count). The molecule has 1 heterocycles. The molecule has 0 aliphatic carbocycles. The van der Waals surface area contributed by atoms with Gasteiger partial charge in [0, 0.05) is 12.0 Å². The van der Waals surface area contributed by atoms with Crippen LogP contribution in [-0.4, -0.2) is 10.1 Å². The Morgan fingerprint density at radius 3 is 2.65 bits per heavy atom. The summed E-state index contributed by atoms with van der Waals surface area (Å²) in [6.07, 6.45) is -3.03. The van der Waals surface area contributed by atoms with Crippen LogP contribution in [-0.2, 0) is 19.2 Å². The molecule has 0 amide bonds. The van der Waals surface area contributed by atoms with E-state index in [-0.39, 0.29) is 18.1 Å². The highest BCUT2D eigenvalue weighted by molar-refractivity contribution is 5.55. The van der Waals surface area contributed by atoms with Gasteiger partial charge in [0.05, 0.1) is 12.2 Å². The van der Waals surface area contributed by atoms with Gasteiger partial charge < -0.3 is 9.52 Å². The second-order valence-corrected chi connectivity index (χ2v) is 4.38. The van der Waals surface area contributed by atoms with E-state index >= 15 is 0 Å². The van der Waals surface area contributed by atoms with E-state index in [0.29, 0.717) is 17.9 Å². The fourth-order valence-electron chi connectivity index (χ4n) is 1.88. The van der Waals surface area contributed by atoms with E-state index in [1.54, 1.807) is 0 Å². The summed E-state index contributed by atoms with van der Waals surface area (Å²) in [4.78, 5) is 4.06. The molecule has 0 bridgehead atoms. The zero-order valence-electron chi connectivity index (χ0n) is 10.9. The maximum absolute atomic E-state index is 12.7. The first-order chi connectivity index (χ1) is 9.45. The molecule has 0 atom stereocenters. The third-order valence-electron chi connectivity index (χ3n) is 2.84. The lowest BCUT2D eigenvalue weighted by Crippen LogP contribution is -2.04. The summed E-state index contributed by atoms with van der Waals surface area (Å²) in [6, 6.07) is 4.79. The summed E-state index contributed by atoms with van der Waals surface area (Å²) in [5, 5.41) is 9.19. The number of rotatable bonds is 4. The zero-order chi connectivity index (χ0) is 14.8. The molecule has 1 aromatic carbocycles. The third kappa shape index (κ3) is 3.01. The first-order valence-corrected chi connectivity index (χ1v) is 6.22. The minimum atomic E-state index is -4.41. The van der Waals surface area contributed by atoms with Crippen molar-refractivity contribution in [1.29, 1.82) is 0 Å². The maximum Gasteiger partial charge on any atom is 0.416 e. The average Bonchev–Trinajstić information content (AvgIpc) is 2.82. The Hall–Kier alpha value is -1.82. The number of aliphatic hydroxyl groups is 1. The van der Waals surface area contributed by atoms with Crippen molar-refractivity contribution in [2.75, 3.05) is 0 Å². The van der Waals surface area contributed by atoms with Crippen LogP contribution in [0.25, 0.3) is 11.5 Å². The van der Waals surface area contributed by atoms with E-state index in [1.807, 2.05) is 6.92 Å². The molecule has 1 aromatic heterocycles. The Kier molecular flexibility index (Phi) is 4.13. The number of halogens is 3. The molecule has 1 N–H and O–H groups in total. The van der Waals surface area contributed by atoms with Gasteiger partial charge in [-0.2, -0.15) is 13.2 Å². The van der Waals surface area contributed by atoms with Gasteiger partial charge in [-0.25, -0.2) is 4.98 Å². The van der Waals surface area contributed by atoms with Crippen LogP contribution < -0.4 is 0 Å². The number of nitrogens with zero attached hydrogens (tertiary/aromatic N) is 1. The molecule has 0 radical (unpaired) electrons. The normalized spacial score (nSPS) is 11.8. The highest BCUT2D eigenvalue weighted by atomic mass is 19.4. The Morgan fingerprint density at radius 1 is 1.30 bits per heavy atom. The fourth-order valence-corrected chi connectivity index (χ4v) is 1.88. The predicted molar refractivity (Wildman–Crippen MR) is 66.9 cm³/mol. The Labute approximate surface area is 114 Å². The van der Waals surface area contributed by atoms with Gasteiger partial charge in [0.1, 0.15) is 11.5 Å². The maximum atomic E-state index is 12.7. The van der Waals surface area contributed by atoms with Crippen molar-refractivity contribution in [3.05, 3.63) is 41.3 Å². The summed E-state index contributed by atoms with van der Waals surface area (Å²) in [5.41, 5.74) is -0.132. The van der Waals surface area contributed by atoms with Crippen molar-refractivity contribution in [2.24, 2.45) is 0 Å². The number of oxazole rings is 1. The summed E-state index contributed by atoms with van der Waals surface area (Å²) in [5.74, 6) is 0.617. The van der Waals surface area contributed by atoms with E-state index in [2.05, 4.69) is 4.98 Å². The molecule has 108 valence electrons. The number of hydrogen-bond acceptors (Lipinski definition) is 3. The van der Waals surface area contributed by atoms with Crippen LogP contribution in [0, 0.1) is 0 Å². The van der Waals surface area contributed by atoms with Crippen molar-refractivity contribution < 1.29 is 22.7 Å². The summed E-state index contributed by atoms with van der Waals surface area (Å²) in [7, 11) is 0. The molecule has 0 saturated heterocycles. The number of benzene rings is 1. The van der Waals surface area contributed by atoms with Crippen molar-refractivity contribution >= 4 is 0 Å². The van der Waals surface area contributed by atoms with Gasteiger partial charge in [0.2, 0.25) is 5.89 Å². The zero-order valence-corrected chi connectivity index (χ0v) is 10.9. The quantitative estimate of drug-likeness (QED) is 0.929. The standard InChI is InChI=1S/C14H14F3NO2/c1-2-4-12-11(8-19)18-13(20-12)9-5-3-6-10(7-9)14(15,16)17/h3,5-7,19H,2,4,8H2,1H3. The third-order valence-corrected chi connectivity index (χ3v) is 2.84. The molecule has 0 fully saturated rings. The Morgan fingerprint density at radius 2 is 2.05 bits per heavy atom. The highest BCUT2D eigenvalue weighted by Gasteiger charge is 2.30. The molecular weight excluding hydrogens is 271 g/mol. The topological polar surface area (TPSA) is 46.3 Å². The van der Waals surface area contributed by atoms with Crippen molar-refractivity contribution in [2.45, 2.75) is 32.5 Å². The van der Waals surface area contributed by atoms with Gasteiger partial charge >= 0.3 is 6.18 Å². The van der Waals surface area contributed by atoms with Gasteiger partial charge in [-0.05, 0) is 24.6 Å². The number of alkyl halides is 3. The molecule has 6 heteroatoms. The lowest BCUT2D eigenvalue weighted by molar-refractivity contribution is -0.137. The molecular formula is C14H14F3NO2. The number of aromatic nitrogens is 1. The Bertz CT molecular complexity index is 590. The fraction of sp³-hybridized carbons (Fsp3) is 0.357. The van der Waals surface area contributed by atoms with Gasteiger partial charge in [-0.1, -0.05) is 13.0 Å². The molecule has 0 spiro atoms. The summed E-state index contributed by atoms with van der Waals surface area (Å²) < 4.78 is 43.5. The van der Waals surface area contributed by atoms with Gasteiger partial charge in [-0.15, -0.1) is 0 Å². The Balaban J connectivity index is 2.41. The van der Waals surface area contributed by atoms with Crippen molar-refractivity contribution in [3.8, 4) is 11.5 Å². The summed E-state index contributed by atoms with van der Waals surface area (Å²) >= 11 is 0. The molecule has 20 heavy (non-hydrogen) atoms. The number of aliphatic hydroxyl groups excluding tert-OH is 1. The van der Waals surface area contributed by atoms with E-state index in [9.17, 15) is 18.3 Å². The van der Waals surface area contributed by atoms with Crippen LogP contribution >= 0.6 is 0 Å². The van der Waals surface area contributed by atoms with Crippen LogP contribution in [0.4, 0.5) is 13.2 Å². The van der Waals surface area contributed by atoms with E-state index in [1.165, 1.54) is 12.1 Å². The van der Waals surface area contributed by atoms with Gasteiger partial charge in [0.25, 0.3) is 0 Å². The van der Waals surface area contributed by atoms with Crippen LogP contribution in [0.3, 0.4) is 0 Å². The minimum Gasteiger partial charge on any atom is -0.441 e.